The molecule has 1 aliphatic rings. The lowest BCUT2D eigenvalue weighted by atomic mass is 10.1. The number of nitrogens with one attached hydrogen (secondary N) is 1. The maximum absolute atomic E-state index is 12.6. The van der Waals surface area contributed by atoms with Crippen molar-refractivity contribution in [3.05, 3.63) is 71.8 Å². The predicted molar refractivity (Wildman–Crippen MR) is 91.1 cm³/mol. The second kappa shape index (κ2) is 6.75. The van der Waals surface area contributed by atoms with Gasteiger partial charge in [0, 0.05) is 5.92 Å². The molecular formula is C18H19NO4S. The summed E-state index contributed by atoms with van der Waals surface area (Å²) < 4.78 is 27.9. The fourth-order valence-electron chi connectivity index (χ4n) is 2.94. The Morgan fingerprint density at radius 1 is 1.08 bits per heavy atom. The Morgan fingerprint density at radius 2 is 1.67 bits per heavy atom. The van der Waals surface area contributed by atoms with Gasteiger partial charge in [-0.3, -0.25) is 4.79 Å². The van der Waals surface area contributed by atoms with Crippen LogP contribution in [0.15, 0.2) is 60.7 Å². The molecule has 0 aliphatic heterocycles. The zero-order chi connectivity index (χ0) is 17.2. The summed E-state index contributed by atoms with van der Waals surface area (Å²) in [5.41, 5.74) is 1.66. The Hall–Kier alpha value is -2.18. The van der Waals surface area contributed by atoms with E-state index in [2.05, 4.69) is 4.72 Å². The Bertz CT molecular complexity index is 805. The minimum Gasteiger partial charge on any atom is -0.481 e. The minimum atomic E-state index is -3.59. The van der Waals surface area contributed by atoms with Gasteiger partial charge in [-0.05, 0) is 17.5 Å². The van der Waals surface area contributed by atoms with Gasteiger partial charge < -0.3 is 5.11 Å². The number of carboxylic acids is 1. The van der Waals surface area contributed by atoms with Crippen molar-refractivity contribution in [2.75, 3.05) is 0 Å². The molecule has 126 valence electrons. The van der Waals surface area contributed by atoms with Crippen molar-refractivity contribution >= 4 is 16.0 Å². The molecule has 1 aliphatic carbocycles. The maximum Gasteiger partial charge on any atom is 0.305 e. The molecule has 0 aromatic heterocycles. The number of benzene rings is 2. The van der Waals surface area contributed by atoms with E-state index in [0.717, 1.165) is 5.56 Å². The molecular weight excluding hydrogens is 326 g/mol. The van der Waals surface area contributed by atoms with Crippen LogP contribution in [0.5, 0.6) is 0 Å². The normalized spacial score (nSPS) is 21.2. The zero-order valence-electron chi connectivity index (χ0n) is 13.0. The predicted octanol–water partition coefficient (Wildman–Crippen LogP) is 2.68. The van der Waals surface area contributed by atoms with Gasteiger partial charge in [0.2, 0.25) is 10.0 Å². The lowest BCUT2D eigenvalue weighted by Gasteiger charge is -2.17. The fraction of sp³-hybridized carbons (Fsp3) is 0.278. The highest BCUT2D eigenvalue weighted by Gasteiger charge is 2.48. The summed E-state index contributed by atoms with van der Waals surface area (Å²) in [6.45, 7) is 0. The number of aliphatic carboxylic acids is 1. The van der Waals surface area contributed by atoms with E-state index in [0.29, 0.717) is 12.0 Å². The maximum atomic E-state index is 12.6. The van der Waals surface area contributed by atoms with E-state index < -0.39 is 27.3 Å². The van der Waals surface area contributed by atoms with Crippen LogP contribution in [0.2, 0.25) is 0 Å². The van der Waals surface area contributed by atoms with Crippen molar-refractivity contribution in [2.24, 2.45) is 0 Å². The third-order valence-corrected chi connectivity index (χ3v) is 6.18. The van der Waals surface area contributed by atoms with Gasteiger partial charge in [0.1, 0.15) is 0 Å². The number of carbonyl (C=O) groups is 1. The van der Waals surface area contributed by atoms with E-state index in [-0.39, 0.29) is 12.3 Å². The molecule has 0 amide bonds. The summed E-state index contributed by atoms with van der Waals surface area (Å²) in [6.07, 6.45) is 0.278. The van der Waals surface area contributed by atoms with Crippen LogP contribution in [-0.4, -0.2) is 24.7 Å². The Morgan fingerprint density at radius 3 is 2.25 bits per heavy atom. The van der Waals surface area contributed by atoms with Crippen LogP contribution >= 0.6 is 0 Å². The molecule has 0 saturated heterocycles. The standard InChI is InChI=1S/C18H19NO4S/c20-18(21)12-16(14-9-5-2-6-10-14)19-24(22,23)17-11-15(17)13-7-3-1-4-8-13/h1-10,15-17,19H,11-12H2,(H,20,21). The van der Waals surface area contributed by atoms with Crippen LogP contribution in [0.25, 0.3) is 0 Å². The van der Waals surface area contributed by atoms with Crippen LogP contribution in [-0.2, 0) is 14.8 Å². The summed E-state index contributed by atoms with van der Waals surface area (Å²) in [7, 11) is -3.59. The molecule has 2 aromatic rings. The van der Waals surface area contributed by atoms with Gasteiger partial charge in [0.25, 0.3) is 0 Å². The fourth-order valence-corrected chi connectivity index (χ4v) is 4.78. The van der Waals surface area contributed by atoms with Gasteiger partial charge >= 0.3 is 5.97 Å². The largest absolute Gasteiger partial charge is 0.481 e. The van der Waals surface area contributed by atoms with Crippen molar-refractivity contribution in [3.8, 4) is 0 Å². The van der Waals surface area contributed by atoms with Crippen molar-refractivity contribution in [2.45, 2.75) is 30.1 Å². The van der Waals surface area contributed by atoms with E-state index in [1.165, 1.54) is 0 Å². The van der Waals surface area contributed by atoms with Gasteiger partial charge in [0.15, 0.2) is 0 Å². The van der Waals surface area contributed by atoms with Crippen molar-refractivity contribution in [3.63, 3.8) is 0 Å². The minimum absolute atomic E-state index is 0.0232. The van der Waals surface area contributed by atoms with Crippen LogP contribution in [0, 0.1) is 0 Å². The monoisotopic (exact) mass is 345 g/mol. The van der Waals surface area contributed by atoms with E-state index in [1.54, 1.807) is 24.3 Å². The molecule has 2 N–H and O–H groups in total. The third kappa shape index (κ3) is 3.83. The molecule has 0 spiro atoms. The van der Waals surface area contributed by atoms with E-state index >= 15 is 0 Å². The summed E-state index contributed by atoms with van der Waals surface area (Å²) in [5, 5.41) is 8.59. The van der Waals surface area contributed by atoms with Crippen LogP contribution < -0.4 is 4.72 Å². The molecule has 6 heteroatoms. The highest BCUT2D eigenvalue weighted by atomic mass is 32.2. The van der Waals surface area contributed by atoms with E-state index in [4.69, 9.17) is 5.11 Å². The Kier molecular flexibility index (Phi) is 4.69. The highest BCUT2D eigenvalue weighted by molar-refractivity contribution is 7.90. The Labute approximate surface area is 141 Å². The molecule has 3 atom stereocenters. The average molecular weight is 345 g/mol. The average Bonchev–Trinajstić information content (AvgIpc) is 3.37. The molecule has 5 nitrogen and oxygen atoms in total. The molecule has 0 radical (unpaired) electrons. The lowest BCUT2D eigenvalue weighted by Crippen LogP contribution is -2.33. The topological polar surface area (TPSA) is 83.5 Å². The van der Waals surface area contributed by atoms with Gasteiger partial charge in [-0.15, -0.1) is 0 Å². The first-order valence-electron chi connectivity index (χ1n) is 7.80. The summed E-state index contributed by atoms with van der Waals surface area (Å²) >= 11 is 0. The summed E-state index contributed by atoms with van der Waals surface area (Å²) in [5.74, 6) is -1.06. The highest BCUT2D eigenvalue weighted by Crippen LogP contribution is 2.45. The van der Waals surface area contributed by atoms with Gasteiger partial charge in [0.05, 0.1) is 17.7 Å². The first kappa shape index (κ1) is 16.7. The van der Waals surface area contributed by atoms with Gasteiger partial charge in [-0.2, -0.15) is 0 Å². The van der Waals surface area contributed by atoms with Crippen molar-refractivity contribution in [1.82, 2.24) is 4.72 Å². The second-order valence-electron chi connectivity index (χ2n) is 6.02. The Balaban J connectivity index is 1.76. The number of hydrogen-bond acceptors (Lipinski definition) is 3. The number of sulfonamides is 1. The molecule has 3 unspecified atom stereocenters. The van der Waals surface area contributed by atoms with E-state index in [9.17, 15) is 13.2 Å². The van der Waals surface area contributed by atoms with Crippen LogP contribution in [0.4, 0.5) is 0 Å². The SMILES string of the molecule is O=C(O)CC(NS(=O)(=O)C1CC1c1ccccc1)c1ccccc1. The summed E-state index contributed by atoms with van der Waals surface area (Å²) in [6, 6.07) is 17.6. The number of hydrogen-bond donors (Lipinski definition) is 2. The lowest BCUT2D eigenvalue weighted by molar-refractivity contribution is -0.137. The molecule has 24 heavy (non-hydrogen) atoms. The number of carboxylic acid groups (broad SMARTS) is 1. The van der Waals surface area contributed by atoms with Crippen LogP contribution in [0.1, 0.15) is 35.9 Å². The van der Waals surface area contributed by atoms with Crippen molar-refractivity contribution in [1.29, 1.82) is 0 Å². The third-order valence-electron chi connectivity index (χ3n) is 4.25. The molecule has 0 heterocycles. The summed E-state index contributed by atoms with van der Waals surface area (Å²) in [4.78, 5) is 11.1. The second-order valence-corrected chi connectivity index (χ2v) is 7.95. The van der Waals surface area contributed by atoms with Crippen LogP contribution in [0.3, 0.4) is 0 Å². The molecule has 1 fully saturated rings. The van der Waals surface area contributed by atoms with Gasteiger partial charge in [-0.25, -0.2) is 13.1 Å². The molecule has 0 bridgehead atoms. The first-order chi connectivity index (χ1) is 11.5. The molecule has 2 aromatic carbocycles. The number of rotatable bonds is 7. The smallest absolute Gasteiger partial charge is 0.305 e. The quantitative estimate of drug-likeness (QED) is 0.808. The molecule has 3 rings (SSSR count). The molecule has 1 saturated carbocycles. The zero-order valence-corrected chi connectivity index (χ0v) is 13.8. The van der Waals surface area contributed by atoms with E-state index in [1.807, 2.05) is 36.4 Å². The van der Waals surface area contributed by atoms with Gasteiger partial charge in [-0.1, -0.05) is 60.7 Å². The first-order valence-corrected chi connectivity index (χ1v) is 9.35. The van der Waals surface area contributed by atoms with Crippen molar-refractivity contribution < 1.29 is 18.3 Å².